The van der Waals surface area contributed by atoms with Gasteiger partial charge < -0.3 is 0 Å². The van der Waals surface area contributed by atoms with Gasteiger partial charge in [0.15, 0.2) is 0 Å². The van der Waals surface area contributed by atoms with E-state index in [2.05, 4.69) is 9.97 Å². The highest BCUT2D eigenvalue weighted by Gasteiger charge is 2.41. The summed E-state index contributed by atoms with van der Waals surface area (Å²) in [6, 6.07) is 1.59. The minimum Gasteiger partial charge on any atom is -0.282 e. The zero-order valence-electron chi connectivity index (χ0n) is 9.04. The number of carbonyl (C=O) groups is 1. The van der Waals surface area contributed by atoms with E-state index in [1.54, 1.807) is 19.9 Å². The lowest BCUT2D eigenvalue weighted by Gasteiger charge is -2.07. The van der Waals surface area contributed by atoms with E-state index in [0.29, 0.717) is 11.4 Å². The standard InChI is InChI=1S/C10H8F3N3O/c1-5-3-6(2)16-7(4-14-9(16)15-5)8(17)10(11,12)13/h3-4H,1-2H3. The van der Waals surface area contributed by atoms with Gasteiger partial charge in [0.1, 0.15) is 5.69 Å². The summed E-state index contributed by atoms with van der Waals surface area (Å²) in [6.45, 7) is 3.30. The maximum absolute atomic E-state index is 12.3. The lowest BCUT2D eigenvalue weighted by atomic mass is 10.3. The largest absolute Gasteiger partial charge is 0.456 e. The third kappa shape index (κ3) is 1.88. The van der Waals surface area contributed by atoms with Gasteiger partial charge in [-0.3, -0.25) is 9.20 Å². The van der Waals surface area contributed by atoms with Gasteiger partial charge in [-0.15, -0.1) is 0 Å². The van der Waals surface area contributed by atoms with E-state index < -0.39 is 17.7 Å². The van der Waals surface area contributed by atoms with Gasteiger partial charge in [0, 0.05) is 11.4 Å². The van der Waals surface area contributed by atoms with Crippen LogP contribution in [-0.4, -0.2) is 26.3 Å². The van der Waals surface area contributed by atoms with E-state index in [1.807, 2.05) is 0 Å². The minimum atomic E-state index is -4.91. The number of ketones is 1. The molecular weight excluding hydrogens is 235 g/mol. The Kier molecular flexibility index (Phi) is 2.41. The molecule has 0 N–H and O–H groups in total. The summed E-state index contributed by atoms with van der Waals surface area (Å²) in [5, 5.41) is 0. The molecule has 17 heavy (non-hydrogen) atoms. The van der Waals surface area contributed by atoms with Gasteiger partial charge in [-0.1, -0.05) is 0 Å². The van der Waals surface area contributed by atoms with E-state index in [1.165, 1.54) is 0 Å². The van der Waals surface area contributed by atoms with Crippen LogP contribution in [0.25, 0.3) is 5.78 Å². The highest BCUT2D eigenvalue weighted by Crippen LogP contribution is 2.22. The van der Waals surface area contributed by atoms with Crippen LogP contribution in [0.1, 0.15) is 21.9 Å². The number of hydrogen-bond acceptors (Lipinski definition) is 3. The number of carbonyl (C=O) groups excluding carboxylic acids is 1. The van der Waals surface area contributed by atoms with Crippen molar-refractivity contribution in [1.29, 1.82) is 0 Å². The Morgan fingerprint density at radius 3 is 2.59 bits per heavy atom. The molecule has 2 heterocycles. The summed E-state index contributed by atoms with van der Waals surface area (Å²) in [5.41, 5.74) is 0.599. The number of fused-ring (bicyclic) bond motifs is 1. The predicted octanol–water partition coefficient (Wildman–Crippen LogP) is 2.09. The van der Waals surface area contributed by atoms with Crippen molar-refractivity contribution in [3.63, 3.8) is 0 Å². The molecule has 0 amide bonds. The van der Waals surface area contributed by atoms with Crippen molar-refractivity contribution in [3.8, 4) is 0 Å². The number of alkyl halides is 3. The molecule has 0 radical (unpaired) electrons. The third-order valence-corrected chi connectivity index (χ3v) is 2.28. The first kappa shape index (κ1) is 11.6. The van der Waals surface area contributed by atoms with Gasteiger partial charge in [0.05, 0.1) is 6.20 Å². The second-order valence-corrected chi connectivity index (χ2v) is 3.64. The fourth-order valence-electron chi connectivity index (χ4n) is 1.63. The number of hydrogen-bond donors (Lipinski definition) is 0. The molecule has 0 saturated carbocycles. The van der Waals surface area contributed by atoms with Gasteiger partial charge in [-0.05, 0) is 19.9 Å². The van der Waals surface area contributed by atoms with Crippen LogP contribution < -0.4 is 0 Å². The Morgan fingerprint density at radius 1 is 1.35 bits per heavy atom. The van der Waals surface area contributed by atoms with Crippen molar-refractivity contribution >= 4 is 11.6 Å². The molecule has 0 bridgehead atoms. The molecule has 2 aromatic rings. The summed E-state index contributed by atoms with van der Waals surface area (Å²) in [6.07, 6.45) is -4.02. The van der Waals surface area contributed by atoms with Gasteiger partial charge in [-0.2, -0.15) is 13.2 Å². The van der Waals surface area contributed by atoms with E-state index in [-0.39, 0.29) is 5.78 Å². The predicted molar refractivity (Wildman–Crippen MR) is 52.8 cm³/mol. The van der Waals surface area contributed by atoms with Gasteiger partial charge in [-0.25, -0.2) is 9.97 Å². The molecule has 0 saturated heterocycles. The van der Waals surface area contributed by atoms with Crippen LogP contribution in [0.4, 0.5) is 13.2 Å². The first-order valence-corrected chi connectivity index (χ1v) is 4.74. The Labute approximate surface area is 94.1 Å². The molecule has 2 aromatic heterocycles. The molecule has 0 fully saturated rings. The highest BCUT2D eigenvalue weighted by molar-refractivity contribution is 5.99. The fraction of sp³-hybridized carbons (Fsp3) is 0.300. The van der Waals surface area contributed by atoms with Crippen molar-refractivity contribution in [2.75, 3.05) is 0 Å². The molecule has 0 aliphatic rings. The molecule has 7 heteroatoms. The van der Waals surface area contributed by atoms with Gasteiger partial charge >= 0.3 is 6.18 Å². The molecule has 0 aliphatic carbocycles. The maximum atomic E-state index is 12.3. The quantitative estimate of drug-likeness (QED) is 0.720. The molecule has 0 unspecified atom stereocenters. The molecule has 0 spiro atoms. The van der Waals surface area contributed by atoms with Crippen LogP contribution in [0.5, 0.6) is 0 Å². The van der Waals surface area contributed by atoms with E-state index in [9.17, 15) is 18.0 Å². The van der Waals surface area contributed by atoms with E-state index in [0.717, 1.165) is 10.6 Å². The summed E-state index contributed by atoms with van der Waals surface area (Å²) < 4.78 is 38.1. The summed E-state index contributed by atoms with van der Waals surface area (Å²) in [5.74, 6) is -1.83. The first-order chi connectivity index (χ1) is 7.80. The maximum Gasteiger partial charge on any atom is 0.456 e. The van der Waals surface area contributed by atoms with Crippen LogP contribution >= 0.6 is 0 Å². The van der Waals surface area contributed by atoms with Crippen molar-refractivity contribution < 1.29 is 18.0 Å². The average molecular weight is 243 g/mol. The van der Waals surface area contributed by atoms with Crippen LogP contribution in [0, 0.1) is 13.8 Å². The molecule has 0 aliphatic heterocycles. The minimum absolute atomic E-state index is 0.0927. The Hall–Kier alpha value is -1.92. The molecule has 0 aromatic carbocycles. The first-order valence-electron chi connectivity index (χ1n) is 4.74. The lowest BCUT2D eigenvalue weighted by molar-refractivity contribution is -0.0888. The number of halogens is 3. The molecule has 90 valence electrons. The van der Waals surface area contributed by atoms with Crippen molar-refractivity contribution in [2.24, 2.45) is 0 Å². The number of aryl methyl sites for hydroxylation is 2. The number of nitrogens with zero attached hydrogens (tertiary/aromatic N) is 3. The Bertz CT molecular complexity index is 601. The van der Waals surface area contributed by atoms with E-state index in [4.69, 9.17) is 0 Å². The number of rotatable bonds is 1. The Morgan fingerprint density at radius 2 is 2.00 bits per heavy atom. The van der Waals surface area contributed by atoms with Gasteiger partial charge in [0.2, 0.25) is 5.78 Å². The normalized spacial score (nSPS) is 12.1. The van der Waals surface area contributed by atoms with Gasteiger partial charge in [0.25, 0.3) is 5.78 Å². The second kappa shape index (κ2) is 3.54. The van der Waals surface area contributed by atoms with E-state index >= 15 is 0 Å². The smallest absolute Gasteiger partial charge is 0.282 e. The van der Waals surface area contributed by atoms with Crippen LogP contribution in [0.15, 0.2) is 12.3 Å². The number of aromatic nitrogens is 3. The van der Waals surface area contributed by atoms with Crippen molar-refractivity contribution in [2.45, 2.75) is 20.0 Å². The van der Waals surface area contributed by atoms with Crippen molar-refractivity contribution in [1.82, 2.24) is 14.4 Å². The summed E-state index contributed by atoms with van der Waals surface area (Å²) in [4.78, 5) is 18.8. The third-order valence-electron chi connectivity index (χ3n) is 2.28. The molecule has 2 rings (SSSR count). The fourth-order valence-corrected chi connectivity index (χ4v) is 1.63. The zero-order chi connectivity index (χ0) is 12.8. The lowest BCUT2D eigenvalue weighted by Crippen LogP contribution is -2.24. The average Bonchev–Trinajstić information content (AvgIpc) is 2.58. The zero-order valence-corrected chi connectivity index (χ0v) is 9.04. The molecular formula is C10H8F3N3O. The topological polar surface area (TPSA) is 47.3 Å². The molecule has 4 nitrogen and oxygen atoms in total. The molecule has 0 atom stereocenters. The number of imidazole rings is 1. The number of Topliss-reactive ketones (excluding diaryl/α,β-unsaturated/α-hetero) is 1. The summed E-state index contributed by atoms with van der Waals surface area (Å²) in [7, 11) is 0. The van der Waals surface area contributed by atoms with Crippen LogP contribution in [0.2, 0.25) is 0 Å². The van der Waals surface area contributed by atoms with Crippen LogP contribution in [-0.2, 0) is 0 Å². The monoisotopic (exact) mass is 243 g/mol. The highest BCUT2D eigenvalue weighted by atomic mass is 19.4. The SMILES string of the molecule is Cc1cc(C)n2c(C(=O)C(F)(F)F)cnc2n1. The van der Waals surface area contributed by atoms with Crippen molar-refractivity contribution in [3.05, 3.63) is 29.3 Å². The Balaban J connectivity index is 2.69. The summed E-state index contributed by atoms with van der Waals surface area (Å²) >= 11 is 0. The van der Waals surface area contributed by atoms with Crippen LogP contribution in [0.3, 0.4) is 0 Å². The second-order valence-electron chi connectivity index (χ2n) is 3.64.